The van der Waals surface area contributed by atoms with Crippen LogP contribution in [-0.4, -0.2) is 11.8 Å². The predicted molar refractivity (Wildman–Crippen MR) is 74.9 cm³/mol. The Morgan fingerprint density at radius 1 is 1.25 bits per heavy atom. The van der Waals surface area contributed by atoms with Crippen LogP contribution < -0.4 is 5.73 Å². The van der Waals surface area contributed by atoms with Crippen molar-refractivity contribution in [2.45, 2.75) is 38.2 Å². The lowest BCUT2D eigenvalue weighted by Gasteiger charge is -2.22. The van der Waals surface area contributed by atoms with Crippen LogP contribution in [0.3, 0.4) is 0 Å². The zero-order valence-electron chi connectivity index (χ0n) is 10.7. The first-order valence-corrected chi connectivity index (χ1v) is 6.91. The van der Waals surface area contributed by atoms with Crippen LogP contribution in [0.1, 0.15) is 37.1 Å². The Bertz CT molecular complexity index is 322. The highest BCUT2D eigenvalue weighted by atomic mass is 32.2. The van der Waals surface area contributed by atoms with Crippen molar-refractivity contribution in [3.05, 3.63) is 35.4 Å². The van der Waals surface area contributed by atoms with Crippen molar-refractivity contribution in [2.24, 2.45) is 11.7 Å². The standard InChI is InChI=1S/C14H23NS/c1-10(2)12(4)16-14(9-15)13-7-5-6-11(3)8-13/h5-8,10,12,14H,9,15H2,1-4H3. The zero-order chi connectivity index (χ0) is 12.1. The fourth-order valence-corrected chi connectivity index (χ4v) is 2.80. The first kappa shape index (κ1) is 13.6. The quantitative estimate of drug-likeness (QED) is 0.843. The molecule has 1 aromatic rings. The van der Waals surface area contributed by atoms with E-state index in [9.17, 15) is 0 Å². The summed E-state index contributed by atoms with van der Waals surface area (Å²) in [7, 11) is 0. The summed E-state index contributed by atoms with van der Waals surface area (Å²) >= 11 is 1.99. The van der Waals surface area contributed by atoms with Crippen molar-refractivity contribution < 1.29 is 0 Å². The van der Waals surface area contributed by atoms with E-state index in [-0.39, 0.29) is 0 Å². The molecular weight excluding hydrogens is 214 g/mol. The van der Waals surface area contributed by atoms with Crippen molar-refractivity contribution in [1.82, 2.24) is 0 Å². The molecule has 0 saturated carbocycles. The van der Waals surface area contributed by atoms with Crippen LogP contribution in [0.25, 0.3) is 0 Å². The molecular formula is C14H23NS. The number of thioether (sulfide) groups is 1. The number of hydrogen-bond donors (Lipinski definition) is 1. The maximum absolute atomic E-state index is 5.88. The number of benzene rings is 1. The van der Waals surface area contributed by atoms with Gasteiger partial charge in [-0.25, -0.2) is 0 Å². The highest BCUT2D eigenvalue weighted by Crippen LogP contribution is 2.34. The van der Waals surface area contributed by atoms with E-state index in [2.05, 4.69) is 52.0 Å². The molecule has 0 aliphatic carbocycles. The molecule has 1 nitrogen and oxygen atoms in total. The Morgan fingerprint density at radius 3 is 2.44 bits per heavy atom. The van der Waals surface area contributed by atoms with Crippen LogP contribution in [0.2, 0.25) is 0 Å². The van der Waals surface area contributed by atoms with Gasteiger partial charge in [-0.3, -0.25) is 0 Å². The second-order valence-corrected chi connectivity index (χ2v) is 6.31. The monoisotopic (exact) mass is 237 g/mol. The van der Waals surface area contributed by atoms with Gasteiger partial charge < -0.3 is 5.73 Å². The lowest BCUT2D eigenvalue weighted by atomic mass is 10.1. The molecule has 0 radical (unpaired) electrons. The minimum Gasteiger partial charge on any atom is -0.329 e. The molecule has 90 valence electrons. The van der Waals surface area contributed by atoms with E-state index in [0.717, 1.165) is 0 Å². The van der Waals surface area contributed by atoms with E-state index in [0.29, 0.717) is 23.0 Å². The largest absolute Gasteiger partial charge is 0.329 e. The van der Waals surface area contributed by atoms with Gasteiger partial charge in [0, 0.05) is 17.0 Å². The minimum atomic E-state index is 0.428. The molecule has 0 aromatic heterocycles. The average molecular weight is 237 g/mol. The van der Waals surface area contributed by atoms with Crippen LogP contribution in [0.15, 0.2) is 24.3 Å². The van der Waals surface area contributed by atoms with Crippen molar-refractivity contribution in [1.29, 1.82) is 0 Å². The van der Waals surface area contributed by atoms with Gasteiger partial charge in [0.2, 0.25) is 0 Å². The second kappa shape index (κ2) is 6.31. The molecule has 0 bridgehead atoms. The molecule has 2 unspecified atom stereocenters. The van der Waals surface area contributed by atoms with Gasteiger partial charge >= 0.3 is 0 Å². The number of hydrogen-bond acceptors (Lipinski definition) is 2. The molecule has 0 spiro atoms. The van der Waals surface area contributed by atoms with Crippen molar-refractivity contribution in [3.63, 3.8) is 0 Å². The Hall–Kier alpha value is -0.470. The average Bonchev–Trinajstić information content (AvgIpc) is 2.25. The van der Waals surface area contributed by atoms with Gasteiger partial charge in [-0.2, -0.15) is 0 Å². The van der Waals surface area contributed by atoms with E-state index < -0.39 is 0 Å². The summed E-state index contributed by atoms with van der Waals surface area (Å²) in [6.07, 6.45) is 0. The van der Waals surface area contributed by atoms with Crippen molar-refractivity contribution in [3.8, 4) is 0 Å². The molecule has 0 aliphatic rings. The number of rotatable bonds is 5. The third-order valence-corrected chi connectivity index (χ3v) is 4.71. The van der Waals surface area contributed by atoms with Crippen LogP contribution in [-0.2, 0) is 0 Å². The summed E-state index contributed by atoms with van der Waals surface area (Å²) in [6, 6.07) is 8.68. The molecule has 0 amide bonds. The Labute approximate surface area is 104 Å². The van der Waals surface area contributed by atoms with Crippen molar-refractivity contribution >= 4 is 11.8 Å². The third kappa shape index (κ3) is 3.84. The fraction of sp³-hybridized carbons (Fsp3) is 0.571. The van der Waals surface area contributed by atoms with E-state index in [1.165, 1.54) is 11.1 Å². The Kier molecular flexibility index (Phi) is 5.36. The number of aryl methyl sites for hydroxylation is 1. The summed E-state index contributed by atoms with van der Waals surface area (Å²) in [5.74, 6) is 0.698. The summed E-state index contributed by atoms with van der Waals surface area (Å²) in [4.78, 5) is 0. The molecule has 0 aliphatic heterocycles. The molecule has 1 rings (SSSR count). The summed E-state index contributed by atoms with van der Waals surface area (Å²) in [5.41, 5.74) is 8.56. The molecule has 2 atom stereocenters. The predicted octanol–water partition coefficient (Wildman–Crippen LogP) is 3.77. The van der Waals surface area contributed by atoms with Gasteiger partial charge in [-0.15, -0.1) is 11.8 Å². The van der Waals surface area contributed by atoms with Gasteiger partial charge in [0.05, 0.1) is 0 Å². The SMILES string of the molecule is Cc1cccc(C(CN)SC(C)C(C)C)c1. The first-order chi connectivity index (χ1) is 7.54. The van der Waals surface area contributed by atoms with E-state index in [4.69, 9.17) is 5.73 Å². The normalized spacial score (nSPS) is 15.1. The summed E-state index contributed by atoms with van der Waals surface area (Å²) in [5, 5.41) is 1.08. The van der Waals surface area contributed by atoms with Crippen LogP contribution >= 0.6 is 11.8 Å². The third-order valence-electron chi connectivity index (χ3n) is 2.95. The lowest BCUT2D eigenvalue weighted by molar-refractivity contribution is 0.639. The Balaban J connectivity index is 2.74. The molecule has 2 heteroatoms. The van der Waals surface area contributed by atoms with Crippen LogP contribution in [0.5, 0.6) is 0 Å². The summed E-state index contributed by atoms with van der Waals surface area (Å²) in [6.45, 7) is 9.66. The van der Waals surface area contributed by atoms with Crippen molar-refractivity contribution in [2.75, 3.05) is 6.54 Å². The topological polar surface area (TPSA) is 26.0 Å². The zero-order valence-corrected chi connectivity index (χ0v) is 11.6. The molecule has 2 N–H and O–H groups in total. The highest BCUT2D eigenvalue weighted by molar-refractivity contribution is 8.00. The number of nitrogens with two attached hydrogens (primary N) is 1. The molecule has 1 aromatic carbocycles. The molecule has 0 fully saturated rings. The van der Waals surface area contributed by atoms with Gasteiger partial charge in [0.15, 0.2) is 0 Å². The van der Waals surface area contributed by atoms with Gasteiger partial charge in [0.25, 0.3) is 0 Å². The highest BCUT2D eigenvalue weighted by Gasteiger charge is 2.16. The minimum absolute atomic E-state index is 0.428. The summed E-state index contributed by atoms with van der Waals surface area (Å²) < 4.78 is 0. The van der Waals surface area contributed by atoms with E-state index >= 15 is 0 Å². The van der Waals surface area contributed by atoms with Gasteiger partial charge in [0.1, 0.15) is 0 Å². The lowest BCUT2D eigenvalue weighted by Crippen LogP contribution is -2.15. The van der Waals surface area contributed by atoms with E-state index in [1.807, 2.05) is 11.8 Å². The molecule has 16 heavy (non-hydrogen) atoms. The van der Waals surface area contributed by atoms with E-state index in [1.54, 1.807) is 0 Å². The fourth-order valence-electron chi connectivity index (χ4n) is 1.56. The maximum atomic E-state index is 5.88. The van der Waals surface area contributed by atoms with Gasteiger partial charge in [-0.05, 0) is 18.4 Å². The second-order valence-electron chi connectivity index (χ2n) is 4.72. The Morgan fingerprint density at radius 2 is 1.94 bits per heavy atom. The van der Waals surface area contributed by atoms with Crippen LogP contribution in [0, 0.1) is 12.8 Å². The van der Waals surface area contributed by atoms with Crippen LogP contribution in [0.4, 0.5) is 0 Å². The molecule has 0 saturated heterocycles. The first-order valence-electron chi connectivity index (χ1n) is 5.96. The smallest absolute Gasteiger partial charge is 0.0422 e. The van der Waals surface area contributed by atoms with Gasteiger partial charge in [-0.1, -0.05) is 50.6 Å². The molecule has 0 heterocycles. The maximum Gasteiger partial charge on any atom is 0.0422 e.